The molecule has 0 N–H and O–H groups in total. The molecule has 0 bridgehead atoms. The molecule has 0 unspecified atom stereocenters. The lowest BCUT2D eigenvalue weighted by molar-refractivity contribution is -0.0570. The number of hydrogen-bond donors (Lipinski definition) is 0. The van der Waals surface area contributed by atoms with Crippen molar-refractivity contribution in [2.45, 2.75) is 31.3 Å². The van der Waals surface area contributed by atoms with Gasteiger partial charge in [-0.25, -0.2) is 0 Å². The van der Waals surface area contributed by atoms with E-state index in [-0.39, 0.29) is 5.60 Å². The van der Waals surface area contributed by atoms with Crippen LogP contribution >= 0.6 is 15.9 Å². The van der Waals surface area contributed by atoms with Gasteiger partial charge in [-0.15, -0.1) is 0 Å². The Morgan fingerprint density at radius 3 is 2.75 bits per heavy atom. The van der Waals surface area contributed by atoms with Crippen LogP contribution in [0.5, 0.6) is 5.75 Å². The third kappa shape index (κ3) is 1.87. The summed E-state index contributed by atoms with van der Waals surface area (Å²) < 4.78 is 12.7. The summed E-state index contributed by atoms with van der Waals surface area (Å²) in [5.41, 5.74) is 1.38. The lowest BCUT2D eigenvalue weighted by atomic mass is 9.85. The molecule has 86 valence electrons. The van der Waals surface area contributed by atoms with Gasteiger partial charge in [0.2, 0.25) is 0 Å². The average Bonchev–Trinajstić information content (AvgIpc) is 2.29. The zero-order valence-electron chi connectivity index (χ0n) is 9.17. The van der Waals surface area contributed by atoms with Gasteiger partial charge >= 0.3 is 0 Å². The molecule has 0 radical (unpaired) electrons. The fraction of sp³-hybridized carbons (Fsp3) is 0.538. The molecule has 3 rings (SSSR count). The highest BCUT2D eigenvalue weighted by molar-refractivity contribution is 9.10. The van der Waals surface area contributed by atoms with Gasteiger partial charge in [0.05, 0.1) is 13.2 Å². The van der Waals surface area contributed by atoms with E-state index in [2.05, 4.69) is 34.1 Å². The molecule has 0 aromatic heterocycles. The Morgan fingerprint density at radius 2 is 1.94 bits per heavy atom. The van der Waals surface area contributed by atoms with Crippen LogP contribution in [-0.2, 0) is 11.2 Å². The second-order valence-electron chi connectivity index (χ2n) is 4.65. The Kier molecular flexibility index (Phi) is 2.68. The average molecular weight is 283 g/mol. The summed E-state index contributed by atoms with van der Waals surface area (Å²) in [6, 6.07) is 6.33. The molecular formula is C13H15BrO2. The quantitative estimate of drug-likeness (QED) is 0.727. The van der Waals surface area contributed by atoms with E-state index in [0.717, 1.165) is 49.1 Å². The molecular weight excluding hydrogens is 268 g/mol. The Bertz CT molecular complexity index is 397. The van der Waals surface area contributed by atoms with Crippen molar-refractivity contribution < 1.29 is 9.47 Å². The van der Waals surface area contributed by atoms with Gasteiger partial charge in [-0.1, -0.05) is 22.0 Å². The lowest BCUT2D eigenvalue weighted by Crippen LogP contribution is -2.44. The first-order chi connectivity index (χ1) is 7.77. The van der Waals surface area contributed by atoms with Crippen molar-refractivity contribution in [1.82, 2.24) is 0 Å². The van der Waals surface area contributed by atoms with E-state index >= 15 is 0 Å². The minimum Gasteiger partial charge on any atom is -0.487 e. The number of rotatable bonds is 0. The third-order valence-electron chi connectivity index (χ3n) is 3.61. The summed E-state index contributed by atoms with van der Waals surface area (Å²) in [4.78, 5) is 0. The molecule has 1 aromatic carbocycles. The monoisotopic (exact) mass is 282 g/mol. The largest absolute Gasteiger partial charge is 0.487 e. The van der Waals surface area contributed by atoms with Crippen LogP contribution in [0.2, 0.25) is 0 Å². The minimum atomic E-state index is 0.0477. The highest BCUT2D eigenvalue weighted by atomic mass is 79.9. The minimum absolute atomic E-state index is 0.0477. The summed E-state index contributed by atoms with van der Waals surface area (Å²) in [6.45, 7) is 1.67. The number of hydrogen-bond acceptors (Lipinski definition) is 2. The second-order valence-corrected chi connectivity index (χ2v) is 5.57. The predicted molar refractivity (Wildman–Crippen MR) is 65.9 cm³/mol. The first-order valence-corrected chi connectivity index (χ1v) is 6.62. The van der Waals surface area contributed by atoms with Gasteiger partial charge in [0.15, 0.2) is 0 Å². The van der Waals surface area contributed by atoms with Crippen LogP contribution in [0.3, 0.4) is 0 Å². The molecule has 2 heterocycles. The Labute approximate surface area is 104 Å². The van der Waals surface area contributed by atoms with Crippen molar-refractivity contribution in [2.24, 2.45) is 0 Å². The predicted octanol–water partition coefficient (Wildman–Crippen LogP) is 3.32. The molecule has 2 aliphatic heterocycles. The fourth-order valence-corrected chi connectivity index (χ4v) is 2.91. The molecule has 1 aromatic rings. The van der Waals surface area contributed by atoms with E-state index in [9.17, 15) is 0 Å². The first-order valence-electron chi connectivity index (χ1n) is 5.83. The van der Waals surface area contributed by atoms with E-state index in [1.165, 1.54) is 5.56 Å². The van der Waals surface area contributed by atoms with Crippen LogP contribution in [0.4, 0.5) is 0 Å². The van der Waals surface area contributed by atoms with Crippen molar-refractivity contribution in [3.8, 4) is 5.75 Å². The van der Waals surface area contributed by atoms with E-state index in [4.69, 9.17) is 9.47 Å². The van der Waals surface area contributed by atoms with E-state index in [0.29, 0.717) is 0 Å². The summed E-state index contributed by atoms with van der Waals surface area (Å²) in [5.74, 6) is 1.06. The number of benzene rings is 1. The molecule has 1 fully saturated rings. The molecule has 0 amide bonds. The van der Waals surface area contributed by atoms with Crippen molar-refractivity contribution in [3.63, 3.8) is 0 Å². The first kappa shape index (κ1) is 10.6. The Hall–Kier alpha value is -0.540. The second kappa shape index (κ2) is 4.04. The van der Waals surface area contributed by atoms with Gasteiger partial charge in [0.1, 0.15) is 11.4 Å². The SMILES string of the molecule is Brc1ccc2c(c1)OC1(CCOCC1)CC2. The van der Waals surface area contributed by atoms with Gasteiger partial charge < -0.3 is 9.47 Å². The van der Waals surface area contributed by atoms with Crippen LogP contribution in [0.25, 0.3) is 0 Å². The Balaban J connectivity index is 1.89. The third-order valence-corrected chi connectivity index (χ3v) is 4.10. The molecule has 0 aliphatic carbocycles. The standard InChI is InChI=1S/C13H15BrO2/c14-11-2-1-10-3-4-13(16-12(10)9-11)5-7-15-8-6-13/h1-2,9H,3-8H2. The van der Waals surface area contributed by atoms with Gasteiger partial charge in [-0.05, 0) is 30.5 Å². The molecule has 2 nitrogen and oxygen atoms in total. The molecule has 2 aliphatic rings. The van der Waals surface area contributed by atoms with Gasteiger partial charge in [0.25, 0.3) is 0 Å². The van der Waals surface area contributed by atoms with Crippen LogP contribution < -0.4 is 4.74 Å². The van der Waals surface area contributed by atoms with Gasteiger partial charge in [-0.3, -0.25) is 0 Å². The highest BCUT2D eigenvalue weighted by Gasteiger charge is 2.37. The number of halogens is 1. The molecule has 1 spiro atoms. The van der Waals surface area contributed by atoms with Crippen molar-refractivity contribution >= 4 is 15.9 Å². The smallest absolute Gasteiger partial charge is 0.124 e. The molecule has 0 atom stereocenters. The Morgan fingerprint density at radius 1 is 1.12 bits per heavy atom. The van der Waals surface area contributed by atoms with Crippen molar-refractivity contribution in [2.75, 3.05) is 13.2 Å². The number of fused-ring (bicyclic) bond motifs is 1. The van der Waals surface area contributed by atoms with Crippen LogP contribution in [0.1, 0.15) is 24.8 Å². The summed E-state index contributed by atoms with van der Waals surface area (Å²) in [5, 5.41) is 0. The van der Waals surface area contributed by atoms with E-state index < -0.39 is 0 Å². The number of aryl methyl sites for hydroxylation is 1. The van der Waals surface area contributed by atoms with Crippen LogP contribution in [0, 0.1) is 0 Å². The molecule has 1 saturated heterocycles. The number of ether oxygens (including phenoxy) is 2. The van der Waals surface area contributed by atoms with Crippen molar-refractivity contribution in [3.05, 3.63) is 28.2 Å². The van der Waals surface area contributed by atoms with Gasteiger partial charge in [-0.2, -0.15) is 0 Å². The topological polar surface area (TPSA) is 18.5 Å². The molecule has 16 heavy (non-hydrogen) atoms. The maximum absolute atomic E-state index is 6.23. The maximum Gasteiger partial charge on any atom is 0.124 e. The highest BCUT2D eigenvalue weighted by Crippen LogP contribution is 2.39. The molecule has 3 heteroatoms. The normalized spacial score (nSPS) is 22.6. The zero-order valence-corrected chi connectivity index (χ0v) is 10.8. The summed E-state index contributed by atoms with van der Waals surface area (Å²) in [6.07, 6.45) is 4.31. The fourth-order valence-electron chi connectivity index (χ4n) is 2.57. The van der Waals surface area contributed by atoms with E-state index in [1.54, 1.807) is 0 Å². The lowest BCUT2D eigenvalue weighted by Gasteiger charge is -2.41. The van der Waals surface area contributed by atoms with E-state index in [1.807, 2.05) is 0 Å². The zero-order chi connectivity index (χ0) is 11.0. The van der Waals surface area contributed by atoms with Gasteiger partial charge in [0, 0.05) is 17.3 Å². The van der Waals surface area contributed by atoms with Crippen LogP contribution in [-0.4, -0.2) is 18.8 Å². The summed E-state index contributed by atoms with van der Waals surface area (Å²) in [7, 11) is 0. The summed E-state index contributed by atoms with van der Waals surface area (Å²) >= 11 is 3.50. The van der Waals surface area contributed by atoms with Crippen LogP contribution in [0.15, 0.2) is 22.7 Å². The molecule has 0 saturated carbocycles. The van der Waals surface area contributed by atoms with Crippen molar-refractivity contribution in [1.29, 1.82) is 0 Å². The maximum atomic E-state index is 6.23.